The number of fused-ring (bicyclic) bond motifs is 2. The van der Waals surface area contributed by atoms with E-state index in [9.17, 15) is 105 Å². The first-order chi connectivity index (χ1) is 35.7. The number of ether oxygens (including phenoxy) is 1. The summed E-state index contributed by atoms with van der Waals surface area (Å²) >= 11 is 0. The van der Waals surface area contributed by atoms with Crippen LogP contribution in [0.5, 0.6) is 23.0 Å². The lowest BCUT2D eigenvalue weighted by atomic mass is 9.72. The summed E-state index contributed by atoms with van der Waals surface area (Å²) in [5, 5.41) is 0. The van der Waals surface area contributed by atoms with Gasteiger partial charge in [-0.2, -0.15) is 105 Å². The highest BCUT2D eigenvalue weighted by Crippen LogP contribution is 2.61. The normalized spacial score (nSPS) is 15.2. The Kier molecular flexibility index (Phi) is 14.7. The molecule has 2 aromatic carbocycles. The van der Waals surface area contributed by atoms with Crippen LogP contribution in [0.2, 0.25) is 0 Å². The van der Waals surface area contributed by atoms with Crippen LogP contribution in [0.15, 0.2) is 73.8 Å². The zero-order valence-corrected chi connectivity index (χ0v) is 43.2. The van der Waals surface area contributed by atoms with E-state index in [0.717, 1.165) is 12.1 Å². The fourth-order valence-electron chi connectivity index (χ4n) is 8.16. The molecule has 0 amide bonds. The monoisotopic (exact) mass is 1220 g/mol. The average molecular weight is 1220 g/mol. The first kappa shape index (κ1) is 61.8. The topological polar surface area (TPSA) is 47.4 Å². The number of rotatable bonds is 8. The van der Waals surface area contributed by atoms with Crippen LogP contribution in [0.25, 0.3) is 0 Å². The van der Waals surface area contributed by atoms with Gasteiger partial charge in [-0.3, -0.25) is 17.4 Å². The molecule has 4 aromatic heterocycles. The van der Waals surface area contributed by atoms with E-state index in [4.69, 9.17) is 13.8 Å². The molecule has 440 valence electrons. The minimum atomic E-state index is -5.90. The maximum atomic E-state index is 14.3. The maximum Gasteiger partial charge on any atom is 0.418 e. The number of aromatic nitrogens is 4. The minimum Gasteiger partial charge on any atom is -0.449 e. The van der Waals surface area contributed by atoms with Crippen LogP contribution in [0, 0.1) is 0 Å². The van der Waals surface area contributed by atoms with Crippen LogP contribution in [0.1, 0.15) is 122 Å². The predicted molar refractivity (Wildman–Crippen MR) is 237 cm³/mol. The lowest BCUT2D eigenvalue weighted by Crippen LogP contribution is -2.27. The van der Waals surface area contributed by atoms with Crippen molar-refractivity contribution in [2.45, 2.75) is 121 Å². The summed E-state index contributed by atoms with van der Waals surface area (Å²) < 4.78 is 361. The van der Waals surface area contributed by atoms with E-state index in [-0.39, 0.29) is 89.2 Å². The molecular weight excluding hydrogens is 1190 g/mol. The molecule has 0 N–H and O–H groups in total. The fourth-order valence-corrected chi connectivity index (χ4v) is 11.4. The summed E-state index contributed by atoms with van der Waals surface area (Å²) in [4.78, 5) is 0. The van der Waals surface area contributed by atoms with Crippen molar-refractivity contribution in [1.82, 2.24) is 17.4 Å². The largest absolute Gasteiger partial charge is 0.449 e. The Balaban J connectivity index is 1.56. The number of hydrogen-bond donors (Lipinski definition) is 0. The van der Waals surface area contributed by atoms with Crippen LogP contribution >= 0.6 is 16.9 Å². The Morgan fingerprint density at radius 2 is 0.525 bits per heavy atom. The summed E-state index contributed by atoms with van der Waals surface area (Å²) in [7, 11) is -7.92. The molecule has 33 heteroatoms. The van der Waals surface area contributed by atoms with E-state index >= 15 is 0 Å². The quantitative estimate of drug-likeness (QED) is 0.113. The van der Waals surface area contributed by atoms with Crippen LogP contribution in [-0.2, 0) is 65.7 Å². The highest BCUT2D eigenvalue weighted by Gasteiger charge is 2.51. The van der Waals surface area contributed by atoms with Gasteiger partial charge in [0.05, 0.1) is 44.5 Å². The molecule has 0 aliphatic carbocycles. The van der Waals surface area contributed by atoms with Gasteiger partial charge in [0.25, 0.3) is 0 Å². The molecule has 7 nitrogen and oxygen atoms in total. The average Bonchev–Trinajstić information content (AvgIpc) is 4.07. The van der Waals surface area contributed by atoms with Crippen molar-refractivity contribution in [2.75, 3.05) is 0 Å². The van der Waals surface area contributed by atoms with Gasteiger partial charge < -0.3 is 13.8 Å². The van der Waals surface area contributed by atoms with E-state index in [0.29, 0.717) is 0 Å². The zero-order chi connectivity index (χ0) is 60.8. The minimum absolute atomic E-state index is 0.106. The number of nitrogens with zero attached hydrogens (tertiary/aromatic N) is 4. The van der Waals surface area contributed by atoms with Crippen molar-refractivity contribution < 1.29 is 119 Å². The molecule has 80 heavy (non-hydrogen) atoms. The number of alkyl halides is 24. The van der Waals surface area contributed by atoms with Crippen LogP contribution < -0.4 is 13.8 Å². The third-order valence-electron chi connectivity index (χ3n) is 12.2. The van der Waals surface area contributed by atoms with Gasteiger partial charge in [-0.05, 0) is 34.1 Å². The van der Waals surface area contributed by atoms with E-state index in [1.165, 1.54) is 67.5 Å². The molecule has 1 aliphatic heterocycles. The van der Waals surface area contributed by atoms with Gasteiger partial charge in [-0.15, -0.1) is 0 Å². The van der Waals surface area contributed by atoms with Gasteiger partial charge in [-0.1, -0.05) is 67.5 Å². The molecule has 0 spiro atoms. The molecular formula is C47H36F24N4O3P2. The number of hydrogen-bond acceptors (Lipinski definition) is 3. The SMILES string of the molecule is CC(C)(C)c1cc(OP(n2cc(C(F)(F)F)c(C(F)(F)F)c2)n2cc(C(F)(F)F)c(C(F)(F)F)c2)c2c(c1)C(C)(C)c1cc(C(C)(C)C)cc(OP(n3cc(C(F)(F)F)c(C(F)(F)F)c3)n3cc(C(F)(F)F)c(C(F)(F)F)c3)c1O2. The Morgan fingerprint density at radius 1 is 0.338 bits per heavy atom. The molecule has 0 saturated heterocycles. The molecule has 0 fully saturated rings. The lowest BCUT2D eigenvalue weighted by molar-refractivity contribution is -0.161. The van der Waals surface area contributed by atoms with Gasteiger partial charge in [0.15, 0.2) is 23.0 Å². The molecule has 0 unspecified atom stereocenters. The standard InChI is InChI=1S/C47H36F24N4O3P2/c1-37(2,3)21-9-23-35(33(11-21)77-79(72-13-25(40(48,49)50)26(14-72)41(51,52)53)73-15-27(42(54,55)56)28(16-73)43(57,58)59)76-36-24(39(23,7)8)10-22(38(4,5)6)12-34(36)78-80(74-17-29(44(60,61)62)30(18-74)45(63,64)65)75-19-31(46(66,67)68)32(20-75)47(69,70)71/h9-20H,1-8H3. The first-order valence-electron chi connectivity index (χ1n) is 22.2. The fraction of sp³-hybridized carbons (Fsp3) is 0.404. The van der Waals surface area contributed by atoms with Crippen LogP contribution in [0.3, 0.4) is 0 Å². The van der Waals surface area contributed by atoms with Crippen LogP contribution in [-0.4, -0.2) is 17.4 Å². The lowest BCUT2D eigenvalue weighted by Gasteiger charge is -2.39. The van der Waals surface area contributed by atoms with Crippen molar-refractivity contribution in [2.24, 2.45) is 0 Å². The van der Waals surface area contributed by atoms with Crippen molar-refractivity contribution in [3.63, 3.8) is 0 Å². The predicted octanol–water partition coefficient (Wildman–Crippen LogP) is 19.5. The molecule has 0 saturated carbocycles. The van der Waals surface area contributed by atoms with E-state index in [1.807, 2.05) is 0 Å². The van der Waals surface area contributed by atoms with Gasteiger partial charge in [0.1, 0.15) is 0 Å². The molecule has 5 heterocycles. The van der Waals surface area contributed by atoms with Gasteiger partial charge in [0, 0.05) is 66.1 Å². The molecule has 6 aromatic rings. The van der Waals surface area contributed by atoms with Gasteiger partial charge >= 0.3 is 66.3 Å². The first-order valence-corrected chi connectivity index (χ1v) is 24.5. The third kappa shape index (κ3) is 12.0. The summed E-state index contributed by atoms with van der Waals surface area (Å²) in [6.07, 6.45) is -49.8. The second-order valence-corrected chi connectivity index (χ2v) is 23.7. The van der Waals surface area contributed by atoms with Crippen molar-refractivity contribution in [3.8, 4) is 23.0 Å². The maximum absolute atomic E-state index is 14.3. The summed E-state index contributed by atoms with van der Waals surface area (Å²) in [5.41, 5.74) is -24.0. The van der Waals surface area contributed by atoms with E-state index in [2.05, 4.69) is 0 Å². The van der Waals surface area contributed by atoms with Crippen molar-refractivity contribution in [1.29, 1.82) is 0 Å². The Bertz CT molecular complexity index is 2840. The van der Waals surface area contributed by atoms with Gasteiger partial charge in [0.2, 0.25) is 0 Å². The van der Waals surface area contributed by atoms with E-state index < -0.39 is 150 Å². The zero-order valence-electron chi connectivity index (χ0n) is 41.4. The smallest absolute Gasteiger partial charge is 0.418 e. The Morgan fingerprint density at radius 3 is 0.688 bits per heavy atom. The number of halogens is 24. The highest BCUT2D eigenvalue weighted by molar-refractivity contribution is 7.50. The van der Waals surface area contributed by atoms with Crippen molar-refractivity contribution >= 4 is 16.9 Å². The second kappa shape index (κ2) is 19.1. The third-order valence-corrected chi connectivity index (χ3v) is 15.5. The summed E-state index contributed by atoms with van der Waals surface area (Å²) in [5.74, 6) is -3.30. The summed E-state index contributed by atoms with van der Waals surface area (Å²) in [6.45, 7) is 11.9. The highest BCUT2D eigenvalue weighted by atomic mass is 31.2. The number of benzene rings is 2. The molecule has 1 aliphatic rings. The van der Waals surface area contributed by atoms with Crippen molar-refractivity contribution in [3.05, 3.63) is 141 Å². The van der Waals surface area contributed by atoms with Crippen LogP contribution in [0.4, 0.5) is 105 Å². The second-order valence-electron chi connectivity index (χ2n) is 20.5. The van der Waals surface area contributed by atoms with Gasteiger partial charge in [-0.25, -0.2) is 0 Å². The molecule has 7 rings (SSSR count). The molecule has 0 bridgehead atoms. The van der Waals surface area contributed by atoms with E-state index in [1.54, 1.807) is 0 Å². The molecule has 0 radical (unpaired) electrons. The summed E-state index contributed by atoms with van der Waals surface area (Å²) in [6, 6.07) is 4.66. The Hall–Kier alpha value is -5.86. The molecule has 0 atom stereocenters. The Labute approximate surface area is 437 Å².